The summed E-state index contributed by atoms with van der Waals surface area (Å²) < 4.78 is 18.0. The standard InChI is InChI=1S/C30H32N4O4/c1-21-5-7-23(8-6-21)34-28(20-27(31-34)26-14-13-25(37-3)19-29(26)38-4)30(35)33-17-15-32(16-18-33)22-9-11-24(36-2)12-10-22/h5-14,19-20H,15-18H2,1-4H3. The molecule has 8 nitrogen and oxygen atoms in total. The molecule has 1 aromatic heterocycles. The number of aromatic nitrogens is 2. The van der Waals surface area contributed by atoms with E-state index in [1.165, 1.54) is 0 Å². The van der Waals surface area contributed by atoms with E-state index in [-0.39, 0.29) is 5.91 Å². The smallest absolute Gasteiger partial charge is 0.272 e. The lowest BCUT2D eigenvalue weighted by Gasteiger charge is -2.36. The van der Waals surface area contributed by atoms with E-state index in [0.717, 1.165) is 41.3 Å². The molecule has 5 rings (SSSR count). The number of hydrogen-bond acceptors (Lipinski definition) is 6. The van der Waals surface area contributed by atoms with Crippen molar-refractivity contribution >= 4 is 11.6 Å². The van der Waals surface area contributed by atoms with Gasteiger partial charge in [-0.25, -0.2) is 4.68 Å². The maximum Gasteiger partial charge on any atom is 0.272 e. The van der Waals surface area contributed by atoms with Crippen LogP contribution in [0.3, 0.4) is 0 Å². The fourth-order valence-corrected chi connectivity index (χ4v) is 4.68. The van der Waals surface area contributed by atoms with Gasteiger partial charge in [0.05, 0.1) is 32.7 Å². The summed E-state index contributed by atoms with van der Waals surface area (Å²) in [5.74, 6) is 2.10. The minimum Gasteiger partial charge on any atom is -0.497 e. The van der Waals surface area contributed by atoms with Gasteiger partial charge in [-0.1, -0.05) is 17.7 Å². The number of hydrogen-bond donors (Lipinski definition) is 0. The van der Waals surface area contributed by atoms with Crippen LogP contribution in [0.1, 0.15) is 16.1 Å². The normalized spacial score (nSPS) is 13.4. The van der Waals surface area contributed by atoms with E-state index in [2.05, 4.69) is 17.0 Å². The molecule has 0 radical (unpaired) electrons. The third-order valence-corrected chi connectivity index (χ3v) is 6.90. The summed E-state index contributed by atoms with van der Waals surface area (Å²) in [5.41, 5.74) is 5.05. The molecule has 8 heteroatoms. The van der Waals surface area contributed by atoms with Gasteiger partial charge in [0.2, 0.25) is 0 Å². The molecule has 0 saturated carbocycles. The molecule has 3 aromatic carbocycles. The van der Waals surface area contributed by atoms with Crippen molar-refractivity contribution in [1.29, 1.82) is 0 Å². The molecule has 38 heavy (non-hydrogen) atoms. The largest absolute Gasteiger partial charge is 0.497 e. The number of carbonyl (C=O) groups is 1. The minimum atomic E-state index is -0.0498. The maximum absolute atomic E-state index is 13.9. The van der Waals surface area contributed by atoms with Crippen molar-refractivity contribution in [2.75, 3.05) is 52.4 Å². The lowest BCUT2D eigenvalue weighted by Crippen LogP contribution is -2.49. The molecular weight excluding hydrogens is 480 g/mol. The molecule has 1 amide bonds. The molecule has 2 heterocycles. The third-order valence-electron chi connectivity index (χ3n) is 6.90. The zero-order chi connectivity index (χ0) is 26.6. The third kappa shape index (κ3) is 5.02. The van der Waals surface area contributed by atoms with Gasteiger partial charge < -0.3 is 24.0 Å². The second kappa shape index (κ2) is 10.9. The van der Waals surface area contributed by atoms with Gasteiger partial charge in [0.15, 0.2) is 0 Å². The summed E-state index contributed by atoms with van der Waals surface area (Å²) in [7, 11) is 4.90. The summed E-state index contributed by atoms with van der Waals surface area (Å²) in [5, 5.41) is 4.87. The molecule has 0 aliphatic carbocycles. The van der Waals surface area contributed by atoms with Gasteiger partial charge in [0, 0.05) is 43.5 Å². The summed E-state index contributed by atoms with van der Waals surface area (Å²) in [4.78, 5) is 18.1. The van der Waals surface area contributed by atoms with Crippen LogP contribution in [0.5, 0.6) is 17.2 Å². The van der Waals surface area contributed by atoms with Crippen LogP contribution in [0.2, 0.25) is 0 Å². The molecule has 0 N–H and O–H groups in total. The minimum absolute atomic E-state index is 0.0498. The lowest BCUT2D eigenvalue weighted by atomic mass is 10.1. The Bertz CT molecular complexity index is 1410. The van der Waals surface area contributed by atoms with Crippen LogP contribution >= 0.6 is 0 Å². The Morgan fingerprint density at radius 2 is 1.37 bits per heavy atom. The monoisotopic (exact) mass is 512 g/mol. The molecule has 0 spiro atoms. The first kappa shape index (κ1) is 25.2. The fourth-order valence-electron chi connectivity index (χ4n) is 4.68. The average molecular weight is 513 g/mol. The number of amides is 1. The zero-order valence-corrected chi connectivity index (χ0v) is 22.2. The molecule has 1 saturated heterocycles. The Hall–Kier alpha value is -4.46. The van der Waals surface area contributed by atoms with E-state index in [4.69, 9.17) is 19.3 Å². The molecule has 196 valence electrons. The Morgan fingerprint density at radius 3 is 2.00 bits per heavy atom. The maximum atomic E-state index is 13.9. The summed E-state index contributed by atoms with van der Waals surface area (Å²) in [6.45, 7) is 4.76. The number of anilines is 1. The highest BCUT2D eigenvalue weighted by Crippen LogP contribution is 2.34. The predicted octanol–water partition coefficient (Wildman–Crippen LogP) is 4.84. The van der Waals surface area contributed by atoms with Gasteiger partial charge >= 0.3 is 0 Å². The van der Waals surface area contributed by atoms with E-state index >= 15 is 0 Å². The molecule has 1 aliphatic rings. The first-order valence-electron chi connectivity index (χ1n) is 12.6. The second-order valence-electron chi connectivity index (χ2n) is 9.21. The predicted molar refractivity (Wildman–Crippen MR) is 148 cm³/mol. The van der Waals surface area contributed by atoms with Crippen LogP contribution < -0.4 is 19.1 Å². The fraction of sp³-hybridized carbons (Fsp3) is 0.267. The average Bonchev–Trinajstić information content (AvgIpc) is 3.42. The molecule has 1 fully saturated rings. The van der Waals surface area contributed by atoms with Gasteiger partial charge in [-0.3, -0.25) is 4.79 Å². The van der Waals surface area contributed by atoms with E-state index in [1.54, 1.807) is 26.0 Å². The van der Waals surface area contributed by atoms with Crippen LogP contribution in [0, 0.1) is 6.92 Å². The highest BCUT2D eigenvalue weighted by Gasteiger charge is 2.27. The molecule has 1 aliphatic heterocycles. The van der Waals surface area contributed by atoms with Gasteiger partial charge in [0.1, 0.15) is 22.9 Å². The molecular formula is C30H32N4O4. The highest BCUT2D eigenvalue weighted by molar-refractivity contribution is 5.95. The highest BCUT2D eigenvalue weighted by atomic mass is 16.5. The van der Waals surface area contributed by atoms with Crippen LogP contribution in [0.15, 0.2) is 72.8 Å². The van der Waals surface area contributed by atoms with Crippen molar-refractivity contribution in [2.24, 2.45) is 0 Å². The Labute approximate surface area is 223 Å². The Balaban J connectivity index is 1.44. The number of ether oxygens (including phenoxy) is 3. The summed E-state index contributed by atoms with van der Waals surface area (Å²) in [6, 6.07) is 23.5. The van der Waals surface area contributed by atoms with E-state index < -0.39 is 0 Å². The van der Waals surface area contributed by atoms with Crippen molar-refractivity contribution < 1.29 is 19.0 Å². The van der Waals surface area contributed by atoms with Crippen LogP contribution in [0.4, 0.5) is 5.69 Å². The van der Waals surface area contributed by atoms with Gasteiger partial charge in [-0.05, 0) is 61.5 Å². The number of aryl methyl sites for hydroxylation is 1. The Kier molecular flexibility index (Phi) is 7.22. The zero-order valence-electron chi connectivity index (χ0n) is 22.2. The van der Waals surface area contributed by atoms with Crippen LogP contribution in [-0.2, 0) is 0 Å². The number of nitrogens with zero attached hydrogens (tertiary/aromatic N) is 4. The first-order chi connectivity index (χ1) is 18.5. The summed E-state index contributed by atoms with van der Waals surface area (Å²) >= 11 is 0. The molecule has 4 aromatic rings. The van der Waals surface area contributed by atoms with Crippen molar-refractivity contribution in [3.8, 4) is 34.2 Å². The SMILES string of the molecule is COc1ccc(N2CCN(C(=O)c3cc(-c4ccc(OC)cc4OC)nn3-c3ccc(C)cc3)CC2)cc1. The van der Waals surface area contributed by atoms with Crippen LogP contribution in [0.25, 0.3) is 16.9 Å². The number of methoxy groups -OCH3 is 3. The quantitative estimate of drug-likeness (QED) is 0.353. The van der Waals surface area contributed by atoms with E-state index in [9.17, 15) is 4.79 Å². The molecule has 0 bridgehead atoms. The van der Waals surface area contributed by atoms with Crippen molar-refractivity contribution in [3.63, 3.8) is 0 Å². The first-order valence-corrected chi connectivity index (χ1v) is 12.6. The van der Waals surface area contributed by atoms with Crippen molar-refractivity contribution in [2.45, 2.75) is 6.92 Å². The summed E-state index contributed by atoms with van der Waals surface area (Å²) in [6.07, 6.45) is 0. The lowest BCUT2D eigenvalue weighted by molar-refractivity contribution is 0.0737. The number of rotatable bonds is 7. The van der Waals surface area contributed by atoms with Crippen LogP contribution in [-0.4, -0.2) is 68.1 Å². The second-order valence-corrected chi connectivity index (χ2v) is 9.21. The van der Waals surface area contributed by atoms with Gasteiger partial charge in [-0.2, -0.15) is 5.10 Å². The van der Waals surface area contributed by atoms with E-state index in [0.29, 0.717) is 36.0 Å². The molecule has 0 unspecified atom stereocenters. The number of piperazine rings is 1. The number of benzene rings is 3. The molecule has 0 atom stereocenters. The van der Waals surface area contributed by atoms with Gasteiger partial charge in [-0.15, -0.1) is 0 Å². The van der Waals surface area contributed by atoms with Gasteiger partial charge in [0.25, 0.3) is 5.91 Å². The number of carbonyl (C=O) groups excluding carboxylic acids is 1. The topological polar surface area (TPSA) is 69.1 Å². The van der Waals surface area contributed by atoms with Crippen molar-refractivity contribution in [1.82, 2.24) is 14.7 Å². The Morgan fingerprint density at radius 1 is 0.737 bits per heavy atom. The van der Waals surface area contributed by atoms with Crippen molar-refractivity contribution in [3.05, 3.63) is 84.1 Å². The van der Waals surface area contributed by atoms with E-state index in [1.807, 2.05) is 72.5 Å².